The molecule has 1 saturated carbocycles. The lowest BCUT2D eigenvalue weighted by atomic mass is 9.86. The molecule has 1 fully saturated rings. The van der Waals surface area contributed by atoms with Crippen LogP contribution in [-0.4, -0.2) is 52.9 Å². The third kappa shape index (κ3) is 8.17. The number of hydrogen-bond acceptors (Lipinski definition) is 4. The fourth-order valence-electron chi connectivity index (χ4n) is 2.74. The monoisotopic (exact) mass is 396 g/mol. The number of aryl methyl sites for hydroxylation is 1. The summed E-state index contributed by atoms with van der Waals surface area (Å²) in [7, 11) is -1.60. The molecule has 8 heteroatoms. The normalized spacial score (nSPS) is 16.5. The lowest BCUT2D eigenvalue weighted by Crippen LogP contribution is -2.44. The maximum atomic E-state index is 12.0. The molecule has 1 aromatic carbocycles. The number of hydrogen-bond donors (Lipinski definition) is 3. The van der Waals surface area contributed by atoms with Crippen LogP contribution in [-0.2, 0) is 10.0 Å². The molecule has 1 atom stereocenters. The molecule has 152 valence electrons. The lowest BCUT2D eigenvalue weighted by molar-refractivity contribution is 0.223. The van der Waals surface area contributed by atoms with Gasteiger partial charge in [-0.1, -0.05) is 18.6 Å². The first-order valence-electron chi connectivity index (χ1n) is 9.53. The molecule has 0 bridgehead atoms. The highest BCUT2D eigenvalue weighted by Crippen LogP contribution is 2.25. The zero-order valence-electron chi connectivity index (χ0n) is 16.5. The molecule has 1 aromatic rings. The molecular weight excluding hydrogens is 364 g/mol. The van der Waals surface area contributed by atoms with Crippen molar-refractivity contribution in [3.8, 4) is 5.75 Å². The highest BCUT2D eigenvalue weighted by atomic mass is 32.2. The van der Waals surface area contributed by atoms with E-state index < -0.39 is 10.0 Å². The summed E-state index contributed by atoms with van der Waals surface area (Å²) in [5.41, 5.74) is 1.15. The molecule has 0 amide bonds. The van der Waals surface area contributed by atoms with Gasteiger partial charge in [0.2, 0.25) is 10.0 Å². The zero-order valence-corrected chi connectivity index (χ0v) is 17.3. The topological polar surface area (TPSA) is 91.8 Å². The smallest absolute Gasteiger partial charge is 0.213 e. The Hall–Kier alpha value is -1.80. The summed E-state index contributed by atoms with van der Waals surface area (Å²) < 4.78 is 32.6. The first kappa shape index (κ1) is 21.5. The number of rotatable bonds is 10. The van der Waals surface area contributed by atoms with Gasteiger partial charge in [0.15, 0.2) is 5.96 Å². The van der Waals surface area contributed by atoms with E-state index in [9.17, 15) is 8.42 Å². The summed E-state index contributed by atoms with van der Waals surface area (Å²) in [6.45, 7) is 5.41. The predicted octanol–water partition coefficient (Wildman–Crippen LogP) is 1.65. The van der Waals surface area contributed by atoms with Gasteiger partial charge in [0.05, 0.1) is 12.3 Å². The summed E-state index contributed by atoms with van der Waals surface area (Å²) in [6, 6.07) is 7.91. The van der Waals surface area contributed by atoms with Gasteiger partial charge in [-0.2, -0.15) is 0 Å². The maximum Gasteiger partial charge on any atom is 0.213 e. The summed E-state index contributed by atoms with van der Waals surface area (Å²) >= 11 is 0. The summed E-state index contributed by atoms with van der Waals surface area (Å²) in [4.78, 5) is 4.12. The van der Waals surface area contributed by atoms with Gasteiger partial charge in [0.1, 0.15) is 11.9 Å². The Balaban J connectivity index is 1.65. The number of aliphatic imine (C=N–C) groups is 1. The molecule has 0 heterocycles. The van der Waals surface area contributed by atoms with Gasteiger partial charge in [-0.05, 0) is 50.3 Å². The van der Waals surface area contributed by atoms with Crippen molar-refractivity contribution in [2.75, 3.05) is 32.4 Å². The fraction of sp³-hybridized carbons (Fsp3) is 0.632. The first-order chi connectivity index (χ1) is 12.9. The van der Waals surface area contributed by atoms with E-state index in [0.29, 0.717) is 31.5 Å². The molecule has 0 saturated heterocycles. The Morgan fingerprint density at radius 1 is 1.33 bits per heavy atom. The molecule has 1 aliphatic carbocycles. The van der Waals surface area contributed by atoms with E-state index in [0.717, 1.165) is 24.2 Å². The van der Waals surface area contributed by atoms with Crippen LogP contribution in [0.4, 0.5) is 0 Å². The molecule has 27 heavy (non-hydrogen) atoms. The van der Waals surface area contributed by atoms with Crippen molar-refractivity contribution in [3.05, 3.63) is 29.8 Å². The number of ether oxygens (including phenoxy) is 1. The van der Waals surface area contributed by atoms with E-state index in [4.69, 9.17) is 4.74 Å². The van der Waals surface area contributed by atoms with Crippen molar-refractivity contribution in [1.29, 1.82) is 0 Å². The fourth-order valence-corrected chi connectivity index (χ4v) is 3.75. The van der Waals surface area contributed by atoms with E-state index in [-0.39, 0.29) is 11.9 Å². The van der Waals surface area contributed by atoms with Crippen LogP contribution in [0.15, 0.2) is 29.3 Å². The average molecular weight is 397 g/mol. The van der Waals surface area contributed by atoms with Gasteiger partial charge < -0.3 is 15.4 Å². The molecule has 0 spiro atoms. The van der Waals surface area contributed by atoms with Crippen molar-refractivity contribution in [2.24, 2.45) is 10.9 Å². The molecule has 0 aromatic heterocycles. The predicted molar refractivity (Wildman–Crippen MR) is 110 cm³/mol. The molecule has 2 rings (SSSR count). The van der Waals surface area contributed by atoms with Crippen LogP contribution in [0.5, 0.6) is 5.75 Å². The van der Waals surface area contributed by atoms with E-state index >= 15 is 0 Å². The minimum absolute atomic E-state index is 0.0236. The number of benzene rings is 1. The van der Waals surface area contributed by atoms with Crippen molar-refractivity contribution in [3.63, 3.8) is 0 Å². The summed E-state index contributed by atoms with van der Waals surface area (Å²) in [5.74, 6) is 1.92. The maximum absolute atomic E-state index is 12.0. The third-order valence-corrected chi connectivity index (χ3v) is 5.94. The van der Waals surface area contributed by atoms with E-state index in [2.05, 4.69) is 20.3 Å². The average Bonchev–Trinajstić information content (AvgIpc) is 2.56. The molecule has 0 radical (unpaired) electrons. The van der Waals surface area contributed by atoms with Gasteiger partial charge in [0, 0.05) is 20.1 Å². The van der Waals surface area contributed by atoms with Crippen LogP contribution in [0.2, 0.25) is 0 Å². The highest BCUT2D eigenvalue weighted by molar-refractivity contribution is 7.89. The first-order valence-corrected chi connectivity index (χ1v) is 11.2. The molecule has 1 unspecified atom stereocenters. The second-order valence-corrected chi connectivity index (χ2v) is 9.02. The Kier molecular flexibility index (Phi) is 8.37. The lowest BCUT2D eigenvalue weighted by Gasteiger charge is -2.25. The van der Waals surface area contributed by atoms with Gasteiger partial charge in [0.25, 0.3) is 0 Å². The third-order valence-electron chi connectivity index (χ3n) is 4.59. The van der Waals surface area contributed by atoms with Gasteiger partial charge in [-0.3, -0.25) is 4.99 Å². The van der Waals surface area contributed by atoms with Crippen LogP contribution in [0, 0.1) is 12.8 Å². The molecular formula is C19H32N4O3S. The Morgan fingerprint density at radius 2 is 2.11 bits per heavy atom. The second-order valence-electron chi connectivity index (χ2n) is 7.09. The number of nitrogens with one attached hydrogen (secondary N) is 3. The standard InChI is InChI=1S/C19H32N4O3S/c1-15-6-4-9-18(12-15)26-16(2)13-22-19(20-3)21-10-11-27(24,25)23-14-17-7-5-8-17/h4,6,9,12,16-17,23H,5,7-8,10-11,13-14H2,1-3H3,(H2,20,21,22). The van der Waals surface area contributed by atoms with Gasteiger partial charge in [-0.25, -0.2) is 13.1 Å². The van der Waals surface area contributed by atoms with E-state index in [1.807, 2.05) is 38.1 Å². The number of guanidine groups is 1. The van der Waals surface area contributed by atoms with Crippen molar-refractivity contribution in [2.45, 2.75) is 39.2 Å². The highest BCUT2D eigenvalue weighted by Gasteiger charge is 2.20. The minimum atomic E-state index is -3.25. The van der Waals surface area contributed by atoms with Crippen LogP contribution < -0.4 is 20.1 Å². The minimum Gasteiger partial charge on any atom is -0.489 e. The van der Waals surface area contributed by atoms with Crippen LogP contribution >= 0.6 is 0 Å². The van der Waals surface area contributed by atoms with Crippen molar-refractivity contribution < 1.29 is 13.2 Å². The van der Waals surface area contributed by atoms with Crippen molar-refractivity contribution in [1.82, 2.24) is 15.4 Å². The van der Waals surface area contributed by atoms with Gasteiger partial charge in [-0.15, -0.1) is 0 Å². The van der Waals surface area contributed by atoms with E-state index in [1.54, 1.807) is 7.05 Å². The number of sulfonamides is 1. The van der Waals surface area contributed by atoms with Crippen molar-refractivity contribution >= 4 is 16.0 Å². The Morgan fingerprint density at radius 3 is 2.74 bits per heavy atom. The van der Waals surface area contributed by atoms with Crippen LogP contribution in [0.1, 0.15) is 31.7 Å². The van der Waals surface area contributed by atoms with Gasteiger partial charge >= 0.3 is 0 Å². The zero-order chi connectivity index (χ0) is 19.7. The SMILES string of the molecule is CN=C(NCCS(=O)(=O)NCC1CCC1)NCC(C)Oc1cccc(C)c1. The molecule has 1 aliphatic rings. The van der Waals surface area contributed by atoms with E-state index in [1.165, 1.54) is 6.42 Å². The second kappa shape index (κ2) is 10.5. The Bertz CT molecular complexity index is 717. The summed E-state index contributed by atoms with van der Waals surface area (Å²) in [6.07, 6.45) is 3.40. The molecule has 3 N–H and O–H groups in total. The molecule has 0 aliphatic heterocycles. The summed E-state index contributed by atoms with van der Waals surface area (Å²) in [5, 5.41) is 6.19. The number of nitrogens with zero attached hydrogens (tertiary/aromatic N) is 1. The molecule has 7 nitrogen and oxygen atoms in total. The largest absolute Gasteiger partial charge is 0.489 e. The van der Waals surface area contributed by atoms with Crippen LogP contribution in [0.25, 0.3) is 0 Å². The Labute approximate surface area is 163 Å². The quantitative estimate of drug-likeness (QED) is 0.413. The van der Waals surface area contributed by atoms with Crippen LogP contribution in [0.3, 0.4) is 0 Å².